The van der Waals surface area contributed by atoms with E-state index in [4.69, 9.17) is 17.3 Å². The van der Waals surface area contributed by atoms with Gasteiger partial charge >= 0.3 is 6.18 Å². The lowest BCUT2D eigenvalue weighted by atomic mass is 9.92. The first-order valence-electron chi connectivity index (χ1n) is 6.24. The zero-order valence-corrected chi connectivity index (χ0v) is 12.5. The van der Waals surface area contributed by atoms with Gasteiger partial charge in [0.25, 0.3) is 0 Å². The molecular formula is C14H15ClF3N3. The minimum absolute atomic E-state index is 0.210. The normalized spacial score (nSPS) is 12.7. The molecule has 2 aromatic rings. The number of benzene rings is 1. The van der Waals surface area contributed by atoms with Crippen LogP contribution in [0.2, 0.25) is 5.02 Å². The zero-order chi connectivity index (χ0) is 16.0. The van der Waals surface area contributed by atoms with Crippen molar-refractivity contribution in [3.63, 3.8) is 0 Å². The standard InChI is InChI=1S/C14H15ClF3N3/c1-13(2,3)11-10(15)12(19)21(20-11)9-6-4-8(5-7-9)14(16,17)18/h4-7H,19H2,1-3H3. The van der Waals surface area contributed by atoms with Crippen molar-refractivity contribution in [1.82, 2.24) is 9.78 Å². The molecule has 1 heterocycles. The summed E-state index contributed by atoms with van der Waals surface area (Å²) in [7, 11) is 0. The minimum atomic E-state index is -4.37. The Kier molecular flexibility index (Phi) is 3.70. The Morgan fingerprint density at radius 2 is 1.62 bits per heavy atom. The van der Waals surface area contributed by atoms with Gasteiger partial charge < -0.3 is 5.73 Å². The van der Waals surface area contributed by atoms with Crippen molar-refractivity contribution in [1.29, 1.82) is 0 Å². The predicted molar refractivity (Wildman–Crippen MR) is 76.7 cm³/mol. The average molecular weight is 318 g/mol. The molecule has 3 nitrogen and oxygen atoms in total. The highest BCUT2D eigenvalue weighted by atomic mass is 35.5. The van der Waals surface area contributed by atoms with Crippen LogP contribution in [-0.4, -0.2) is 9.78 Å². The maximum atomic E-state index is 12.6. The molecule has 0 fully saturated rings. The van der Waals surface area contributed by atoms with Gasteiger partial charge in [-0.05, 0) is 24.3 Å². The summed E-state index contributed by atoms with van der Waals surface area (Å²) in [6.07, 6.45) is -4.37. The van der Waals surface area contributed by atoms with Gasteiger partial charge in [0, 0.05) is 5.41 Å². The van der Waals surface area contributed by atoms with Gasteiger partial charge in [0.2, 0.25) is 0 Å². The first-order chi connectivity index (χ1) is 9.51. The number of aromatic nitrogens is 2. The van der Waals surface area contributed by atoms with Crippen LogP contribution in [0.1, 0.15) is 32.0 Å². The molecule has 7 heteroatoms. The molecule has 0 aliphatic carbocycles. The first-order valence-corrected chi connectivity index (χ1v) is 6.61. The van der Waals surface area contributed by atoms with E-state index < -0.39 is 11.7 Å². The van der Waals surface area contributed by atoms with Gasteiger partial charge in [0.1, 0.15) is 10.8 Å². The molecule has 1 aromatic carbocycles. The molecule has 0 radical (unpaired) electrons. The van der Waals surface area contributed by atoms with Gasteiger partial charge in [-0.1, -0.05) is 32.4 Å². The molecule has 2 rings (SSSR count). The van der Waals surface area contributed by atoms with Crippen LogP contribution in [0.25, 0.3) is 5.69 Å². The molecular weight excluding hydrogens is 303 g/mol. The fourth-order valence-corrected chi connectivity index (χ4v) is 2.28. The third-order valence-electron chi connectivity index (χ3n) is 3.01. The number of halogens is 4. The van der Waals surface area contributed by atoms with Gasteiger partial charge in [0.15, 0.2) is 0 Å². The lowest BCUT2D eigenvalue weighted by Crippen LogP contribution is -2.13. The van der Waals surface area contributed by atoms with E-state index in [1.54, 1.807) is 0 Å². The highest BCUT2D eigenvalue weighted by Gasteiger charge is 2.30. The van der Waals surface area contributed by atoms with E-state index in [2.05, 4.69) is 5.10 Å². The minimum Gasteiger partial charge on any atom is -0.382 e. The Labute approximate surface area is 125 Å². The van der Waals surface area contributed by atoms with E-state index in [1.165, 1.54) is 16.8 Å². The Morgan fingerprint density at radius 3 is 2.00 bits per heavy atom. The van der Waals surface area contributed by atoms with Crippen LogP contribution < -0.4 is 5.73 Å². The maximum Gasteiger partial charge on any atom is 0.416 e. The van der Waals surface area contributed by atoms with E-state index in [1.807, 2.05) is 20.8 Å². The molecule has 0 aliphatic rings. The number of hydrogen-bond donors (Lipinski definition) is 1. The van der Waals surface area contributed by atoms with Crippen molar-refractivity contribution in [2.24, 2.45) is 0 Å². The highest BCUT2D eigenvalue weighted by molar-refractivity contribution is 6.33. The number of nitrogens with zero attached hydrogens (tertiary/aromatic N) is 2. The number of rotatable bonds is 1. The smallest absolute Gasteiger partial charge is 0.382 e. The number of anilines is 1. The van der Waals surface area contributed by atoms with Crippen LogP contribution in [0.15, 0.2) is 24.3 Å². The lowest BCUT2D eigenvalue weighted by molar-refractivity contribution is -0.137. The summed E-state index contributed by atoms with van der Waals surface area (Å²) in [4.78, 5) is 0. The summed E-state index contributed by atoms with van der Waals surface area (Å²) < 4.78 is 39.0. The van der Waals surface area contributed by atoms with E-state index in [-0.39, 0.29) is 11.2 Å². The van der Waals surface area contributed by atoms with Crippen molar-refractivity contribution < 1.29 is 13.2 Å². The number of hydrogen-bond acceptors (Lipinski definition) is 2. The van der Waals surface area contributed by atoms with Crippen LogP contribution in [-0.2, 0) is 11.6 Å². The SMILES string of the molecule is CC(C)(C)c1nn(-c2ccc(C(F)(F)F)cc2)c(N)c1Cl. The number of nitrogen functional groups attached to an aromatic ring is 1. The average Bonchev–Trinajstić information content (AvgIpc) is 2.65. The third-order valence-corrected chi connectivity index (χ3v) is 3.38. The van der Waals surface area contributed by atoms with Crippen molar-refractivity contribution in [3.8, 4) is 5.69 Å². The number of alkyl halides is 3. The molecule has 0 spiro atoms. The van der Waals surface area contributed by atoms with Crippen molar-refractivity contribution in [2.45, 2.75) is 32.4 Å². The van der Waals surface area contributed by atoms with Crippen LogP contribution in [0.3, 0.4) is 0 Å². The second-order valence-corrected chi connectivity index (χ2v) is 6.13. The molecule has 2 N–H and O–H groups in total. The number of nitrogens with two attached hydrogens (primary N) is 1. The molecule has 0 atom stereocenters. The van der Waals surface area contributed by atoms with Crippen LogP contribution in [0.4, 0.5) is 19.0 Å². The quantitative estimate of drug-likeness (QED) is 0.846. The summed E-state index contributed by atoms with van der Waals surface area (Å²) in [5.41, 5.74) is 5.89. The summed E-state index contributed by atoms with van der Waals surface area (Å²) in [5.74, 6) is 0.210. The molecule has 0 unspecified atom stereocenters. The van der Waals surface area contributed by atoms with Crippen molar-refractivity contribution >= 4 is 17.4 Å². The van der Waals surface area contributed by atoms with E-state index in [0.717, 1.165) is 12.1 Å². The maximum absolute atomic E-state index is 12.6. The second-order valence-electron chi connectivity index (χ2n) is 5.75. The Morgan fingerprint density at radius 1 is 1.10 bits per heavy atom. The van der Waals surface area contributed by atoms with E-state index >= 15 is 0 Å². The van der Waals surface area contributed by atoms with Gasteiger partial charge in [0.05, 0.1) is 16.9 Å². The molecule has 21 heavy (non-hydrogen) atoms. The largest absolute Gasteiger partial charge is 0.416 e. The zero-order valence-electron chi connectivity index (χ0n) is 11.8. The Balaban J connectivity index is 2.48. The fourth-order valence-electron chi connectivity index (χ4n) is 1.88. The molecule has 0 saturated heterocycles. The van der Waals surface area contributed by atoms with Gasteiger partial charge in [-0.2, -0.15) is 18.3 Å². The molecule has 0 amide bonds. The second kappa shape index (κ2) is 4.94. The van der Waals surface area contributed by atoms with Crippen LogP contribution >= 0.6 is 11.6 Å². The predicted octanol–water partition coefficient (Wildman–Crippen LogP) is 4.42. The topological polar surface area (TPSA) is 43.8 Å². The van der Waals surface area contributed by atoms with E-state index in [0.29, 0.717) is 16.4 Å². The van der Waals surface area contributed by atoms with Gasteiger partial charge in [-0.25, -0.2) is 4.68 Å². The third kappa shape index (κ3) is 3.00. The van der Waals surface area contributed by atoms with Gasteiger partial charge in [-0.15, -0.1) is 0 Å². The fraction of sp³-hybridized carbons (Fsp3) is 0.357. The molecule has 0 aliphatic heterocycles. The lowest BCUT2D eigenvalue weighted by Gasteiger charge is -2.15. The molecule has 1 aromatic heterocycles. The van der Waals surface area contributed by atoms with Crippen molar-refractivity contribution in [2.75, 3.05) is 5.73 Å². The Hall–Kier alpha value is -1.69. The van der Waals surface area contributed by atoms with Gasteiger partial charge in [-0.3, -0.25) is 0 Å². The van der Waals surface area contributed by atoms with Crippen LogP contribution in [0, 0.1) is 0 Å². The highest BCUT2D eigenvalue weighted by Crippen LogP contribution is 2.35. The summed E-state index contributed by atoms with van der Waals surface area (Å²) >= 11 is 6.16. The Bertz CT molecular complexity index is 652. The molecule has 0 bridgehead atoms. The van der Waals surface area contributed by atoms with Crippen LogP contribution in [0.5, 0.6) is 0 Å². The van der Waals surface area contributed by atoms with Crippen molar-refractivity contribution in [3.05, 3.63) is 40.5 Å². The summed E-state index contributed by atoms with van der Waals surface area (Å²) in [5, 5.41) is 4.64. The molecule has 114 valence electrons. The monoisotopic (exact) mass is 317 g/mol. The first kappa shape index (κ1) is 15.7. The molecule has 0 saturated carbocycles. The summed E-state index contributed by atoms with van der Waals surface area (Å²) in [6, 6.07) is 4.60. The van der Waals surface area contributed by atoms with E-state index in [9.17, 15) is 13.2 Å². The summed E-state index contributed by atoms with van der Waals surface area (Å²) in [6.45, 7) is 5.78.